The molecule has 1 amide bonds. The summed E-state index contributed by atoms with van der Waals surface area (Å²) in [6.07, 6.45) is 2.09. The van der Waals surface area contributed by atoms with Gasteiger partial charge in [-0.05, 0) is 30.2 Å². The number of hydrogen-bond acceptors (Lipinski definition) is 4. The van der Waals surface area contributed by atoms with Crippen LogP contribution in [0.3, 0.4) is 0 Å². The smallest absolute Gasteiger partial charge is 0.275 e. The highest BCUT2D eigenvalue weighted by Gasteiger charge is 2.11. The van der Waals surface area contributed by atoms with Gasteiger partial charge in [0.15, 0.2) is 0 Å². The van der Waals surface area contributed by atoms with Gasteiger partial charge in [0.1, 0.15) is 10.7 Å². The van der Waals surface area contributed by atoms with Crippen LogP contribution in [0.4, 0.5) is 5.69 Å². The van der Waals surface area contributed by atoms with Gasteiger partial charge in [-0.1, -0.05) is 13.8 Å². The molecule has 0 radical (unpaired) electrons. The topological polar surface area (TPSA) is 72.9 Å². The van der Waals surface area contributed by atoms with Crippen LogP contribution in [-0.4, -0.2) is 15.5 Å². The molecule has 136 valence electrons. The normalized spacial score (nSPS) is 10.4. The number of nitrogens with two attached hydrogens (primary N) is 1. The summed E-state index contributed by atoms with van der Waals surface area (Å²) in [5.41, 5.74) is 7.89. The lowest BCUT2D eigenvalue weighted by Crippen LogP contribution is -2.12. The molecule has 0 spiro atoms. The Morgan fingerprint density at radius 3 is 2.72 bits per heavy atom. The molecule has 0 aliphatic heterocycles. The van der Waals surface area contributed by atoms with Crippen molar-refractivity contribution in [2.45, 2.75) is 26.9 Å². The predicted octanol–water partition coefficient (Wildman–Crippen LogP) is 4.31. The molecular weight excluding hydrogens is 379 g/mol. The summed E-state index contributed by atoms with van der Waals surface area (Å²) < 4.78 is 2.24. The van der Waals surface area contributed by atoms with Crippen molar-refractivity contribution >= 4 is 58.6 Å². The zero-order valence-corrected chi connectivity index (χ0v) is 16.5. The molecule has 0 saturated heterocycles. The number of amides is 1. The molecule has 0 bridgehead atoms. The number of rotatable bonds is 5. The number of hydrogen-bond donors (Lipinski definition) is 2. The van der Waals surface area contributed by atoms with E-state index in [0.717, 1.165) is 22.6 Å². The zero-order chi connectivity index (χ0) is 16.4. The van der Waals surface area contributed by atoms with Gasteiger partial charge in [-0.2, -0.15) is 0 Å². The number of nitrogens with one attached hydrogen (secondary N) is 1. The van der Waals surface area contributed by atoms with Crippen molar-refractivity contribution in [1.82, 2.24) is 9.55 Å². The number of benzene rings is 1. The summed E-state index contributed by atoms with van der Waals surface area (Å²) >= 11 is 1.40. The van der Waals surface area contributed by atoms with Crippen LogP contribution in [0.2, 0.25) is 0 Å². The zero-order valence-electron chi connectivity index (χ0n) is 14.1. The van der Waals surface area contributed by atoms with Crippen molar-refractivity contribution in [2.24, 2.45) is 11.7 Å². The summed E-state index contributed by atoms with van der Waals surface area (Å²) in [5, 5.41) is 6.50. The largest absolute Gasteiger partial charge is 0.347 e. The average molecular weight is 401 g/mol. The van der Waals surface area contributed by atoms with E-state index in [-0.39, 0.29) is 30.7 Å². The fourth-order valence-electron chi connectivity index (χ4n) is 2.53. The Morgan fingerprint density at radius 2 is 2.08 bits per heavy atom. The molecule has 0 fully saturated rings. The fourth-order valence-corrected chi connectivity index (χ4v) is 3.19. The van der Waals surface area contributed by atoms with Gasteiger partial charge in [0, 0.05) is 41.3 Å². The van der Waals surface area contributed by atoms with E-state index in [1.807, 2.05) is 18.2 Å². The number of aromatic nitrogens is 2. The summed E-state index contributed by atoms with van der Waals surface area (Å²) in [7, 11) is 0. The van der Waals surface area contributed by atoms with E-state index < -0.39 is 0 Å². The van der Waals surface area contributed by atoms with Gasteiger partial charge in [0.05, 0.1) is 0 Å². The molecule has 3 aromatic rings. The van der Waals surface area contributed by atoms with Crippen LogP contribution < -0.4 is 11.1 Å². The molecule has 0 aliphatic carbocycles. The first-order chi connectivity index (χ1) is 11.1. The molecule has 3 N–H and O–H groups in total. The van der Waals surface area contributed by atoms with Gasteiger partial charge in [-0.15, -0.1) is 36.2 Å². The highest BCUT2D eigenvalue weighted by atomic mass is 35.5. The van der Waals surface area contributed by atoms with Crippen LogP contribution in [0.5, 0.6) is 0 Å². The number of anilines is 1. The number of thiazole rings is 1. The molecule has 3 rings (SSSR count). The second-order valence-corrected chi connectivity index (χ2v) is 6.86. The molecule has 2 heterocycles. The van der Waals surface area contributed by atoms with Gasteiger partial charge in [-0.25, -0.2) is 4.98 Å². The Balaban J connectivity index is 0.00000156. The van der Waals surface area contributed by atoms with E-state index >= 15 is 0 Å². The summed E-state index contributed by atoms with van der Waals surface area (Å²) in [4.78, 5) is 16.4. The molecule has 2 aromatic heterocycles. The number of carbonyl (C=O) groups is 1. The van der Waals surface area contributed by atoms with Crippen LogP contribution in [0.1, 0.15) is 29.3 Å². The number of carbonyl (C=O) groups excluding carboxylic acids is 1. The van der Waals surface area contributed by atoms with Crippen molar-refractivity contribution in [3.63, 3.8) is 0 Å². The maximum absolute atomic E-state index is 12.2. The summed E-state index contributed by atoms with van der Waals surface area (Å²) in [6, 6.07) is 8.02. The lowest BCUT2D eigenvalue weighted by Gasteiger charge is -2.09. The van der Waals surface area contributed by atoms with E-state index in [1.54, 1.807) is 5.38 Å². The molecule has 0 atom stereocenters. The van der Waals surface area contributed by atoms with Crippen LogP contribution in [0, 0.1) is 5.92 Å². The van der Waals surface area contributed by atoms with E-state index in [0.29, 0.717) is 18.2 Å². The predicted molar refractivity (Wildman–Crippen MR) is 109 cm³/mol. The molecule has 0 saturated carbocycles. The molecule has 0 unspecified atom stereocenters. The quantitative estimate of drug-likeness (QED) is 0.669. The summed E-state index contributed by atoms with van der Waals surface area (Å²) in [6.45, 7) is 5.73. The Morgan fingerprint density at radius 1 is 1.32 bits per heavy atom. The molecule has 25 heavy (non-hydrogen) atoms. The minimum absolute atomic E-state index is 0. The van der Waals surface area contributed by atoms with Gasteiger partial charge in [0.25, 0.3) is 5.91 Å². The Hall–Kier alpha value is -1.60. The van der Waals surface area contributed by atoms with Gasteiger partial charge in [0.2, 0.25) is 0 Å². The van der Waals surface area contributed by atoms with Crippen LogP contribution >= 0.6 is 36.2 Å². The van der Waals surface area contributed by atoms with Gasteiger partial charge < -0.3 is 15.6 Å². The minimum Gasteiger partial charge on any atom is -0.347 e. The fraction of sp³-hybridized carbons (Fsp3) is 0.294. The van der Waals surface area contributed by atoms with Crippen molar-refractivity contribution in [1.29, 1.82) is 0 Å². The maximum atomic E-state index is 12.2. The standard InChI is InChI=1S/C17H20N4OS.2ClH/c1-11(2)9-21-6-5-12-7-13(3-4-15(12)21)19-17(22)14-10-23-16(8-18)20-14;;/h3-7,10-11H,8-9,18H2,1-2H3,(H,19,22);2*1H. The minimum atomic E-state index is -0.207. The third-order valence-electron chi connectivity index (χ3n) is 3.55. The lowest BCUT2D eigenvalue weighted by atomic mass is 10.2. The Bertz CT molecular complexity index is 844. The second-order valence-electron chi connectivity index (χ2n) is 5.92. The Labute approximate surface area is 163 Å². The van der Waals surface area contributed by atoms with Crippen molar-refractivity contribution < 1.29 is 4.79 Å². The van der Waals surface area contributed by atoms with Gasteiger partial charge >= 0.3 is 0 Å². The lowest BCUT2D eigenvalue weighted by molar-refractivity contribution is 0.102. The second kappa shape index (κ2) is 9.20. The first-order valence-electron chi connectivity index (χ1n) is 7.61. The first-order valence-corrected chi connectivity index (χ1v) is 8.49. The third-order valence-corrected chi connectivity index (χ3v) is 4.42. The monoisotopic (exact) mass is 400 g/mol. The average Bonchev–Trinajstić information content (AvgIpc) is 3.14. The highest BCUT2D eigenvalue weighted by Crippen LogP contribution is 2.22. The first kappa shape index (κ1) is 21.4. The molecule has 0 aliphatic rings. The van der Waals surface area contributed by atoms with Crippen LogP contribution in [0.25, 0.3) is 10.9 Å². The van der Waals surface area contributed by atoms with E-state index in [2.05, 4.69) is 41.0 Å². The maximum Gasteiger partial charge on any atom is 0.275 e. The molecule has 5 nitrogen and oxygen atoms in total. The third kappa shape index (κ3) is 4.95. The summed E-state index contributed by atoms with van der Waals surface area (Å²) in [5.74, 6) is 0.383. The van der Waals surface area contributed by atoms with Gasteiger partial charge in [-0.3, -0.25) is 4.79 Å². The van der Waals surface area contributed by atoms with Crippen LogP contribution in [0.15, 0.2) is 35.8 Å². The van der Waals surface area contributed by atoms with Crippen molar-refractivity contribution in [2.75, 3.05) is 5.32 Å². The van der Waals surface area contributed by atoms with E-state index in [4.69, 9.17) is 5.73 Å². The number of fused-ring (bicyclic) bond motifs is 1. The number of halogens is 2. The molecular formula is C17H22Cl2N4OS. The number of nitrogens with zero attached hydrogens (tertiary/aromatic N) is 2. The Kier molecular flexibility index (Phi) is 7.89. The van der Waals surface area contributed by atoms with Crippen molar-refractivity contribution in [3.05, 3.63) is 46.5 Å². The highest BCUT2D eigenvalue weighted by molar-refractivity contribution is 7.09. The van der Waals surface area contributed by atoms with E-state index in [9.17, 15) is 4.79 Å². The van der Waals surface area contributed by atoms with Crippen LogP contribution in [-0.2, 0) is 13.1 Å². The van der Waals surface area contributed by atoms with Crippen molar-refractivity contribution in [3.8, 4) is 0 Å². The molecule has 1 aromatic carbocycles. The van der Waals surface area contributed by atoms with E-state index in [1.165, 1.54) is 16.9 Å². The molecule has 8 heteroatoms. The SMILES string of the molecule is CC(C)Cn1ccc2cc(NC(=O)c3csc(CN)n3)ccc21.Cl.Cl.